The summed E-state index contributed by atoms with van der Waals surface area (Å²) in [5.74, 6) is -1.18. The van der Waals surface area contributed by atoms with Crippen LogP contribution in [-0.2, 0) is 27.3 Å². The molecule has 0 radical (unpaired) electrons. The highest BCUT2D eigenvalue weighted by Crippen LogP contribution is 2.63. The number of carbonyl (C=O) groups is 3. The monoisotopic (exact) mass is 311 g/mol. The van der Waals surface area contributed by atoms with E-state index in [-0.39, 0.29) is 17.6 Å². The predicted molar refractivity (Wildman–Crippen MR) is 84.5 cm³/mol. The molecule has 120 valence electrons. The van der Waals surface area contributed by atoms with Gasteiger partial charge in [0.05, 0.1) is 0 Å². The van der Waals surface area contributed by atoms with Crippen LogP contribution in [0.25, 0.3) is 0 Å². The third kappa shape index (κ3) is 1.64. The molecule has 0 unspecified atom stereocenters. The fraction of sp³-hybridized carbons (Fsp3) is 0.526. The van der Waals surface area contributed by atoms with Crippen molar-refractivity contribution in [1.82, 2.24) is 4.90 Å². The summed E-state index contributed by atoms with van der Waals surface area (Å²) in [5, 5.41) is 0. The highest BCUT2D eigenvalue weighted by atomic mass is 16.2. The summed E-state index contributed by atoms with van der Waals surface area (Å²) in [4.78, 5) is 40.0. The average Bonchev–Trinajstić information content (AvgIpc) is 2.90. The summed E-state index contributed by atoms with van der Waals surface area (Å²) in [6, 6.07) is 8.12. The summed E-state index contributed by atoms with van der Waals surface area (Å²) in [7, 11) is 0. The number of benzene rings is 1. The van der Waals surface area contributed by atoms with Crippen molar-refractivity contribution in [3.05, 3.63) is 35.4 Å². The Hall–Kier alpha value is -1.97. The first-order valence-electron chi connectivity index (χ1n) is 8.34. The fourth-order valence-electron chi connectivity index (χ4n) is 4.99. The molecule has 0 saturated heterocycles. The second-order valence-corrected chi connectivity index (χ2v) is 7.66. The van der Waals surface area contributed by atoms with Gasteiger partial charge < -0.3 is 4.90 Å². The molecule has 1 heterocycles. The second kappa shape index (κ2) is 4.53. The molecule has 0 aromatic heterocycles. The Morgan fingerprint density at radius 2 is 1.87 bits per heavy atom. The van der Waals surface area contributed by atoms with Crippen LogP contribution >= 0.6 is 0 Å². The molecule has 2 bridgehead atoms. The van der Waals surface area contributed by atoms with Crippen molar-refractivity contribution in [1.29, 1.82) is 0 Å². The minimum Gasteiger partial charge on any atom is -0.337 e. The molecule has 2 fully saturated rings. The molecule has 1 amide bonds. The maximum atomic E-state index is 13.3. The Morgan fingerprint density at radius 1 is 1.17 bits per heavy atom. The molecule has 1 aliphatic heterocycles. The Kier molecular flexibility index (Phi) is 2.88. The van der Waals surface area contributed by atoms with Crippen molar-refractivity contribution in [3.8, 4) is 0 Å². The molecule has 2 aliphatic carbocycles. The zero-order valence-electron chi connectivity index (χ0n) is 13.6. The largest absolute Gasteiger partial charge is 0.337 e. The minimum absolute atomic E-state index is 0.129. The lowest BCUT2D eigenvalue weighted by atomic mass is 9.67. The van der Waals surface area contributed by atoms with Crippen molar-refractivity contribution < 1.29 is 14.4 Å². The van der Waals surface area contributed by atoms with Crippen LogP contribution in [0.5, 0.6) is 0 Å². The van der Waals surface area contributed by atoms with Gasteiger partial charge in [-0.3, -0.25) is 14.4 Å². The molecule has 4 rings (SSSR count). The summed E-state index contributed by atoms with van der Waals surface area (Å²) in [6.07, 6.45) is 1.99. The van der Waals surface area contributed by atoms with Crippen molar-refractivity contribution >= 4 is 17.5 Å². The number of rotatable bonds is 1. The summed E-state index contributed by atoms with van der Waals surface area (Å²) < 4.78 is 0. The van der Waals surface area contributed by atoms with Gasteiger partial charge in [-0.2, -0.15) is 0 Å². The van der Waals surface area contributed by atoms with Crippen LogP contribution in [0.1, 0.15) is 37.8 Å². The normalized spacial score (nSPS) is 31.4. The third-order valence-electron chi connectivity index (χ3n) is 6.49. The van der Waals surface area contributed by atoms with E-state index in [1.165, 1.54) is 5.56 Å². The number of Topliss-reactive ketones (excluding diaryl/α,β-unsaturated/α-hetero) is 2. The van der Waals surface area contributed by atoms with Crippen LogP contribution in [0.15, 0.2) is 24.3 Å². The zero-order valence-corrected chi connectivity index (χ0v) is 13.6. The molecule has 0 N–H and O–H groups in total. The van der Waals surface area contributed by atoms with Gasteiger partial charge in [-0.15, -0.1) is 0 Å². The van der Waals surface area contributed by atoms with Gasteiger partial charge >= 0.3 is 0 Å². The quantitative estimate of drug-likeness (QED) is 0.590. The van der Waals surface area contributed by atoms with Crippen LogP contribution in [0.2, 0.25) is 0 Å². The lowest BCUT2D eigenvalue weighted by Crippen LogP contribution is -2.53. The van der Waals surface area contributed by atoms with Crippen LogP contribution in [0, 0.1) is 16.7 Å². The van der Waals surface area contributed by atoms with E-state index in [2.05, 4.69) is 6.07 Å². The fourth-order valence-corrected chi connectivity index (χ4v) is 4.99. The molecule has 1 aromatic rings. The Balaban J connectivity index is 1.70. The van der Waals surface area contributed by atoms with Crippen LogP contribution < -0.4 is 0 Å². The minimum atomic E-state index is -1.12. The van der Waals surface area contributed by atoms with Gasteiger partial charge in [-0.25, -0.2) is 0 Å². The topological polar surface area (TPSA) is 54.5 Å². The van der Waals surface area contributed by atoms with Gasteiger partial charge in [0, 0.05) is 19.0 Å². The van der Waals surface area contributed by atoms with E-state index in [1.807, 2.05) is 32.0 Å². The van der Waals surface area contributed by atoms with Gasteiger partial charge in [0.2, 0.25) is 17.5 Å². The van der Waals surface area contributed by atoms with E-state index < -0.39 is 16.6 Å². The number of fused-ring (bicyclic) bond motifs is 3. The smallest absolute Gasteiger partial charge is 0.237 e. The lowest BCUT2D eigenvalue weighted by molar-refractivity contribution is -0.156. The van der Waals surface area contributed by atoms with Crippen LogP contribution in [-0.4, -0.2) is 28.9 Å². The van der Waals surface area contributed by atoms with Gasteiger partial charge in [-0.1, -0.05) is 38.1 Å². The molecule has 4 heteroatoms. The number of amides is 1. The number of hydrogen-bond acceptors (Lipinski definition) is 3. The summed E-state index contributed by atoms with van der Waals surface area (Å²) >= 11 is 0. The van der Waals surface area contributed by atoms with Crippen molar-refractivity contribution in [3.63, 3.8) is 0 Å². The third-order valence-corrected chi connectivity index (χ3v) is 6.49. The Bertz CT molecular complexity index is 736. The van der Waals surface area contributed by atoms with Crippen molar-refractivity contribution in [2.24, 2.45) is 16.7 Å². The Labute approximate surface area is 135 Å². The summed E-state index contributed by atoms with van der Waals surface area (Å²) in [6.45, 7) is 5.01. The van der Waals surface area contributed by atoms with Crippen LogP contribution in [0.4, 0.5) is 0 Å². The van der Waals surface area contributed by atoms with Crippen molar-refractivity contribution in [2.75, 3.05) is 6.54 Å². The van der Waals surface area contributed by atoms with Gasteiger partial charge in [0.15, 0.2) is 0 Å². The number of hydrogen-bond donors (Lipinski definition) is 0. The van der Waals surface area contributed by atoms with Crippen LogP contribution in [0.3, 0.4) is 0 Å². The molecule has 2 saturated carbocycles. The first-order chi connectivity index (χ1) is 10.9. The van der Waals surface area contributed by atoms with Gasteiger partial charge in [0.1, 0.15) is 5.41 Å². The van der Waals surface area contributed by atoms with Gasteiger partial charge in [-0.05, 0) is 35.8 Å². The lowest BCUT2D eigenvalue weighted by Gasteiger charge is -2.40. The molecule has 2 atom stereocenters. The number of ketones is 2. The highest BCUT2D eigenvalue weighted by Gasteiger charge is 2.73. The SMILES string of the molecule is CC1(C)[C@H]2CC[C@]1(C(=O)N1CCc3ccccc3C1)C(=O)C2=O. The molecular formula is C19H21NO3. The maximum absolute atomic E-state index is 13.3. The van der Waals surface area contributed by atoms with E-state index in [0.29, 0.717) is 25.9 Å². The van der Waals surface area contributed by atoms with E-state index in [4.69, 9.17) is 0 Å². The highest BCUT2D eigenvalue weighted by molar-refractivity contribution is 6.47. The van der Waals surface area contributed by atoms with Crippen molar-refractivity contribution in [2.45, 2.75) is 39.7 Å². The molecule has 1 aromatic carbocycles. The van der Waals surface area contributed by atoms with E-state index in [1.54, 1.807) is 4.90 Å². The molecule has 3 aliphatic rings. The summed E-state index contributed by atoms with van der Waals surface area (Å²) in [5.41, 5.74) is 0.732. The molecule has 23 heavy (non-hydrogen) atoms. The zero-order chi connectivity index (χ0) is 16.4. The van der Waals surface area contributed by atoms with E-state index in [0.717, 1.165) is 12.0 Å². The number of nitrogens with zero attached hydrogens (tertiary/aromatic N) is 1. The molecule has 0 spiro atoms. The van der Waals surface area contributed by atoms with Gasteiger partial charge in [0.25, 0.3) is 0 Å². The van der Waals surface area contributed by atoms with E-state index in [9.17, 15) is 14.4 Å². The standard InChI is InChI=1S/C19H21NO3/c1-18(2)14-7-9-19(18,16(22)15(14)21)17(23)20-10-8-12-5-3-4-6-13(12)11-20/h3-6,14H,7-11H2,1-2H3/t14-,19+/m0/s1. The first-order valence-corrected chi connectivity index (χ1v) is 8.34. The molecular weight excluding hydrogens is 290 g/mol. The molecule has 4 nitrogen and oxygen atoms in total. The maximum Gasteiger partial charge on any atom is 0.237 e. The number of carbonyl (C=O) groups excluding carboxylic acids is 3. The second-order valence-electron chi connectivity index (χ2n) is 7.66. The first kappa shape index (κ1) is 14.6. The predicted octanol–water partition coefficient (Wildman–Crippen LogP) is 2.15. The van der Waals surface area contributed by atoms with E-state index >= 15 is 0 Å². The average molecular weight is 311 g/mol. The Morgan fingerprint density at radius 3 is 2.52 bits per heavy atom.